The quantitative estimate of drug-likeness (QED) is 0.0490. The lowest BCUT2D eigenvalue weighted by Crippen LogP contribution is -2.09. The van der Waals surface area contributed by atoms with Gasteiger partial charge in [-0.1, -0.05) is 233 Å². The third kappa shape index (κ3) is 41.0. The maximum absolute atomic E-state index is 10.8. The van der Waals surface area contributed by atoms with Crippen LogP contribution in [0.4, 0.5) is 0 Å². The Kier molecular flexibility index (Phi) is 41.6. The molecule has 0 saturated carbocycles. The maximum atomic E-state index is 10.8. The molecule has 0 heterocycles. The smallest absolute Gasteiger partial charge is 0.330 e. The van der Waals surface area contributed by atoms with E-state index in [1.807, 2.05) is 0 Å². The lowest BCUT2D eigenvalue weighted by atomic mass is 9.85. The molecule has 0 aliphatic heterocycles. The van der Waals surface area contributed by atoms with Crippen molar-refractivity contribution in [2.75, 3.05) is 0 Å². The van der Waals surface area contributed by atoms with E-state index in [-0.39, 0.29) is 0 Å². The van der Waals surface area contributed by atoms with Gasteiger partial charge in [0, 0.05) is 11.1 Å². The van der Waals surface area contributed by atoms with Crippen molar-refractivity contribution in [3.8, 4) is 0 Å². The van der Waals surface area contributed by atoms with E-state index in [4.69, 9.17) is 10.2 Å². The Balaban J connectivity index is 0. The first-order valence-corrected chi connectivity index (χ1v) is 22.5. The van der Waals surface area contributed by atoms with Crippen LogP contribution in [0.25, 0.3) is 0 Å². The minimum atomic E-state index is -0.841. The predicted octanol–water partition coefficient (Wildman–Crippen LogP) is 16.2. The first-order valence-electron chi connectivity index (χ1n) is 22.5. The standard InChI is InChI=1S/C25H48O2.C22H42O2/c1-5-6-7-8-9-10-11-12-13-14-15-16-17-20-24(22(2)3)21-18-19-23(4)25(26)27;1-3-4-5-6-7-8-9-10-11-12-13-14-15-16-17-18-19-20-21(2)22(23)24/h22,24H,4-21H2,1-3H3,(H,26,27);2-20H2,1H3,(H,23,24). The number of hydrogen-bond acceptors (Lipinski definition) is 2. The summed E-state index contributed by atoms with van der Waals surface area (Å²) >= 11 is 0. The molecule has 0 aromatic rings. The van der Waals surface area contributed by atoms with Crippen LogP contribution in [-0.4, -0.2) is 22.2 Å². The highest BCUT2D eigenvalue weighted by Crippen LogP contribution is 2.26. The van der Waals surface area contributed by atoms with Crippen molar-refractivity contribution in [3.63, 3.8) is 0 Å². The zero-order valence-electron chi connectivity index (χ0n) is 35.0. The molecule has 0 spiro atoms. The largest absolute Gasteiger partial charge is 0.478 e. The Morgan fingerprint density at radius 1 is 0.392 bits per heavy atom. The van der Waals surface area contributed by atoms with Gasteiger partial charge in [-0.15, -0.1) is 0 Å². The van der Waals surface area contributed by atoms with Crippen molar-refractivity contribution in [1.82, 2.24) is 0 Å². The van der Waals surface area contributed by atoms with Gasteiger partial charge < -0.3 is 10.2 Å². The van der Waals surface area contributed by atoms with Crippen LogP contribution >= 0.6 is 0 Å². The molecule has 0 aliphatic rings. The van der Waals surface area contributed by atoms with Crippen LogP contribution in [-0.2, 0) is 9.59 Å². The maximum Gasteiger partial charge on any atom is 0.330 e. The van der Waals surface area contributed by atoms with Gasteiger partial charge in [0.05, 0.1) is 0 Å². The van der Waals surface area contributed by atoms with Gasteiger partial charge in [-0.25, -0.2) is 9.59 Å². The molecule has 1 atom stereocenters. The monoisotopic (exact) mass is 719 g/mol. The average Bonchev–Trinajstić information content (AvgIpc) is 3.10. The first kappa shape index (κ1) is 51.5. The molecule has 0 bridgehead atoms. The highest BCUT2D eigenvalue weighted by Gasteiger charge is 2.14. The van der Waals surface area contributed by atoms with Crippen molar-refractivity contribution >= 4 is 11.9 Å². The number of carboxylic acids is 2. The third-order valence-electron chi connectivity index (χ3n) is 10.9. The number of hydrogen-bond donors (Lipinski definition) is 2. The second-order valence-corrected chi connectivity index (χ2v) is 16.2. The van der Waals surface area contributed by atoms with Gasteiger partial charge >= 0.3 is 11.9 Å². The fourth-order valence-electron chi connectivity index (χ4n) is 7.09. The summed E-state index contributed by atoms with van der Waals surface area (Å²) in [6.07, 6.45) is 46.0. The average molecular weight is 719 g/mol. The molecule has 0 aromatic heterocycles. The van der Waals surface area contributed by atoms with Crippen LogP contribution in [0.5, 0.6) is 0 Å². The van der Waals surface area contributed by atoms with Gasteiger partial charge in [-0.05, 0) is 43.9 Å². The Bertz CT molecular complexity index is 785. The van der Waals surface area contributed by atoms with Gasteiger partial charge in [0.15, 0.2) is 0 Å². The Morgan fingerprint density at radius 3 is 0.902 bits per heavy atom. The molecular formula is C47H90O4. The molecule has 4 heteroatoms. The zero-order valence-corrected chi connectivity index (χ0v) is 35.0. The lowest BCUT2D eigenvalue weighted by Gasteiger charge is -2.20. The van der Waals surface area contributed by atoms with E-state index in [1.165, 1.54) is 186 Å². The van der Waals surface area contributed by atoms with Crippen LogP contribution in [0, 0.1) is 11.8 Å². The van der Waals surface area contributed by atoms with Crippen LogP contribution in [0.1, 0.15) is 252 Å². The molecular weight excluding hydrogens is 629 g/mol. The molecule has 2 N–H and O–H groups in total. The molecule has 4 nitrogen and oxygen atoms in total. The highest BCUT2D eigenvalue weighted by molar-refractivity contribution is 5.86. The molecule has 0 radical (unpaired) electrons. The summed E-state index contributed by atoms with van der Waals surface area (Å²) in [4.78, 5) is 21.4. The van der Waals surface area contributed by atoms with E-state index in [1.54, 1.807) is 0 Å². The van der Waals surface area contributed by atoms with Crippen LogP contribution in [0.3, 0.4) is 0 Å². The lowest BCUT2D eigenvalue weighted by molar-refractivity contribution is -0.133. The Hall–Kier alpha value is -1.58. The van der Waals surface area contributed by atoms with Crippen molar-refractivity contribution in [3.05, 3.63) is 24.3 Å². The topological polar surface area (TPSA) is 74.6 Å². The van der Waals surface area contributed by atoms with Gasteiger partial charge in [0.2, 0.25) is 0 Å². The van der Waals surface area contributed by atoms with Crippen molar-refractivity contribution in [2.45, 2.75) is 252 Å². The number of aliphatic carboxylic acids is 2. The van der Waals surface area contributed by atoms with Crippen molar-refractivity contribution < 1.29 is 19.8 Å². The van der Waals surface area contributed by atoms with Gasteiger partial charge in [-0.2, -0.15) is 0 Å². The number of rotatable bonds is 39. The number of unbranched alkanes of at least 4 members (excludes halogenated alkanes) is 28. The molecule has 0 saturated heterocycles. The molecule has 0 aromatic carbocycles. The fourth-order valence-corrected chi connectivity index (χ4v) is 7.09. The van der Waals surface area contributed by atoms with Crippen molar-refractivity contribution in [1.29, 1.82) is 0 Å². The van der Waals surface area contributed by atoms with Gasteiger partial charge in [0.25, 0.3) is 0 Å². The van der Waals surface area contributed by atoms with Gasteiger partial charge in [-0.3, -0.25) is 0 Å². The van der Waals surface area contributed by atoms with Crippen LogP contribution in [0.2, 0.25) is 0 Å². The second-order valence-electron chi connectivity index (χ2n) is 16.2. The summed E-state index contributed by atoms with van der Waals surface area (Å²) in [5, 5.41) is 17.6. The minimum Gasteiger partial charge on any atom is -0.478 e. The molecule has 302 valence electrons. The molecule has 1 unspecified atom stereocenters. The number of carboxylic acid groups (broad SMARTS) is 2. The molecule has 0 amide bonds. The number of carbonyl (C=O) groups is 2. The summed E-state index contributed by atoms with van der Waals surface area (Å²) in [5.41, 5.74) is 0.717. The van der Waals surface area contributed by atoms with Gasteiger partial charge in [0.1, 0.15) is 0 Å². The predicted molar refractivity (Wildman–Crippen MR) is 225 cm³/mol. The van der Waals surface area contributed by atoms with E-state index < -0.39 is 11.9 Å². The van der Waals surface area contributed by atoms with E-state index in [2.05, 4.69) is 40.9 Å². The van der Waals surface area contributed by atoms with E-state index in [0.29, 0.717) is 29.9 Å². The SMILES string of the molecule is C=C(CCCC(CCCCCCCCCCCCCCC)C(C)C)C(=O)O.C=C(CCCCCCCCCCCCCCCCCCC)C(=O)O. The molecule has 0 aliphatic carbocycles. The molecule has 51 heavy (non-hydrogen) atoms. The van der Waals surface area contributed by atoms with Crippen molar-refractivity contribution in [2.24, 2.45) is 11.8 Å². The Labute approximate surface area is 319 Å². The van der Waals surface area contributed by atoms with E-state index in [0.717, 1.165) is 31.6 Å². The normalized spacial score (nSPS) is 11.7. The third-order valence-corrected chi connectivity index (χ3v) is 10.9. The summed E-state index contributed by atoms with van der Waals surface area (Å²) in [7, 11) is 0. The molecule has 0 fully saturated rings. The summed E-state index contributed by atoms with van der Waals surface area (Å²) in [5.74, 6) is -0.251. The minimum absolute atomic E-state index is 0.357. The van der Waals surface area contributed by atoms with Crippen LogP contribution < -0.4 is 0 Å². The highest BCUT2D eigenvalue weighted by atomic mass is 16.4. The first-order chi connectivity index (χ1) is 24.7. The van der Waals surface area contributed by atoms with E-state index >= 15 is 0 Å². The second kappa shape index (κ2) is 41.2. The zero-order chi connectivity index (χ0) is 38.2. The summed E-state index contributed by atoms with van der Waals surface area (Å²) < 4.78 is 0. The van der Waals surface area contributed by atoms with E-state index in [9.17, 15) is 9.59 Å². The molecule has 0 rings (SSSR count). The summed E-state index contributed by atoms with van der Waals surface area (Å²) in [6, 6.07) is 0. The van der Waals surface area contributed by atoms with Crippen LogP contribution in [0.15, 0.2) is 24.3 Å². The summed E-state index contributed by atoms with van der Waals surface area (Å²) in [6.45, 7) is 16.4. The fraction of sp³-hybridized carbons (Fsp3) is 0.872. The Morgan fingerprint density at radius 2 is 0.627 bits per heavy atom.